The first-order valence-electron chi connectivity index (χ1n) is 10.0. The molecule has 1 saturated heterocycles. The first-order chi connectivity index (χ1) is 14.1. The molecule has 8 heteroatoms. The molecule has 1 aliphatic heterocycles. The summed E-state index contributed by atoms with van der Waals surface area (Å²) in [6.45, 7) is 3.21. The van der Waals surface area contributed by atoms with Crippen molar-refractivity contribution in [3.05, 3.63) is 58.5 Å². The van der Waals surface area contributed by atoms with Crippen LogP contribution in [0.5, 0.6) is 0 Å². The number of benzene rings is 1. The third kappa shape index (κ3) is 3.69. The lowest BCUT2D eigenvalue weighted by molar-refractivity contribution is 0.248. The number of para-hydroxylation sites is 1. The number of aromatic nitrogens is 3. The fourth-order valence-corrected chi connectivity index (χ4v) is 4.27. The van der Waals surface area contributed by atoms with Gasteiger partial charge in [-0.15, -0.1) is 10.2 Å². The Hall–Kier alpha value is -2.25. The highest BCUT2D eigenvalue weighted by Gasteiger charge is 2.25. The molecule has 5 rings (SSSR count). The molecule has 2 fully saturated rings. The van der Waals surface area contributed by atoms with E-state index in [-0.39, 0.29) is 5.69 Å². The molecule has 0 N–H and O–H groups in total. The molecule has 0 unspecified atom stereocenters. The van der Waals surface area contributed by atoms with Gasteiger partial charge in [-0.25, -0.2) is 8.78 Å². The Labute approximate surface area is 172 Å². The molecule has 1 aromatic carbocycles. The topological polar surface area (TPSA) is 36.7 Å². The number of hydrogen-bond donors (Lipinski definition) is 0. The molecule has 152 valence electrons. The van der Waals surface area contributed by atoms with E-state index in [1.54, 1.807) is 4.90 Å². The minimum Gasteiger partial charge on any atom is -0.364 e. The van der Waals surface area contributed by atoms with Crippen LogP contribution in [0.1, 0.15) is 24.2 Å². The maximum Gasteiger partial charge on any atom is 0.179 e. The number of halogens is 3. The van der Waals surface area contributed by atoms with Crippen molar-refractivity contribution >= 4 is 22.9 Å². The lowest BCUT2D eigenvalue weighted by Crippen LogP contribution is -2.46. The van der Waals surface area contributed by atoms with Crippen LogP contribution in [0.25, 0.3) is 5.65 Å². The van der Waals surface area contributed by atoms with Crippen LogP contribution < -0.4 is 4.90 Å². The van der Waals surface area contributed by atoms with Gasteiger partial charge >= 0.3 is 0 Å². The highest BCUT2D eigenvalue weighted by Crippen LogP contribution is 2.33. The summed E-state index contributed by atoms with van der Waals surface area (Å²) < 4.78 is 30.1. The molecule has 3 aromatic rings. The Morgan fingerprint density at radius 1 is 1.00 bits per heavy atom. The van der Waals surface area contributed by atoms with E-state index in [9.17, 15) is 8.78 Å². The van der Waals surface area contributed by atoms with Gasteiger partial charge in [-0.2, -0.15) is 0 Å². The Balaban J connectivity index is 1.28. The monoisotopic (exact) mass is 417 g/mol. The second kappa shape index (κ2) is 7.54. The molecule has 0 spiro atoms. The van der Waals surface area contributed by atoms with E-state index in [4.69, 9.17) is 11.6 Å². The number of pyridine rings is 1. The van der Waals surface area contributed by atoms with Gasteiger partial charge in [0.2, 0.25) is 0 Å². The van der Waals surface area contributed by atoms with Crippen molar-refractivity contribution in [1.29, 1.82) is 0 Å². The van der Waals surface area contributed by atoms with E-state index in [1.807, 2.05) is 16.7 Å². The zero-order valence-corrected chi connectivity index (χ0v) is 16.7. The second-order valence-corrected chi connectivity index (χ2v) is 8.32. The molecule has 0 atom stereocenters. The van der Waals surface area contributed by atoms with Crippen LogP contribution in [0.4, 0.5) is 14.5 Å². The molecule has 2 aliphatic rings. The van der Waals surface area contributed by atoms with Crippen LogP contribution in [-0.2, 0) is 13.0 Å². The number of nitrogens with zero attached hydrogens (tertiary/aromatic N) is 5. The van der Waals surface area contributed by atoms with Gasteiger partial charge in [0.25, 0.3) is 0 Å². The van der Waals surface area contributed by atoms with E-state index in [2.05, 4.69) is 15.1 Å². The van der Waals surface area contributed by atoms with Crippen LogP contribution in [-0.4, -0.2) is 45.7 Å². The molecular weight excluding hydrogens is 396 g/mol. The maximum atomic E-state index is 14.0. The molecular formula is C21H22ClF2N5. The van der Waals surface area contributed by atoms with Gasteiger partial charge < -0.3 is 4.90 Å². The van der Waals surface area contributed by atoms with Crippen LogP contribution in [0.15, 0.2) is 30.5 Å². The fourth-order valence-electron chi connectivity index (χ4n) is 4.01. The van der Waals surface area contributed by atoms with Crippen molar-refractivity contribution in [1.82, 2.24) is 19.5 Å². The van der Waals surface area contributed by atoms with Crippen LogP contribution in [0.3, 0.4) is 0 Å². The largest absolute Gasteiger partial charge is 0.364 e. The summed E-state index contributed by atoms with van der Waals surface area (Å²) in [5, 5.41) is 9.25. The van der Waals surface area contributed by atoms with Crippen molar-refractivity contribution in [3.63, 3.8) is 0 Å². The smallest absolute Gasteiger partial charge is 0.179 e. The Morgan fingerprint density at radius 2 is 1.72 bits per heavy atom. The Morgan fingerprint density at radius 3 is 2.41 bits per heavy atom. The van der Waals surface area contributed by atoms with Crippen molar-refractivity contribution < 1.29 is 8.78 Å². The summed E-state index contributed by atoms with van der Waals surface area (Å²) in [6, 6.07) is 6.02. The van der Waals surface area contributed by atoms with Gasteiger partial charge in [0.1, 0.15) is 23.1 Å². The summed E-state index contributed by atoms with van der Waals surface area (Å²) in [5.74, 6) is 0.675. The summed E-state index contributed by atoms with van der Waals surface area (Å²) >= 11 is 6.63. The normalized spacial score (nSPS) is 18.0. The molecule has 29 heavy (non-hydrogen) atoms. The molecule has 1 aliphatic carbocycles. The van der Waals surface area contributed by atoms with Gasteiger partial charge in [-0.3, -0.25) is 9.30 Å². The van der Waals surface area contributed by atoms with Crippen LogP contribution in [0.2, 0.25) is 5.02 Å². The van der Waals surface area contributed by atoms with Crippen molar-refractivity contribution in [2.45, 2.75) is 25.8 Å². The minimum atomic E-state index is -0.513. The number of piperazine rings is 1. The van der Waals surface area contributed by atoms with E-state index in [0.29, 0.717) is 43.4 Å². The third-order valence-electron chi connectivity index (χ3n) is 5.86. The predicted octanol–water partition coefficient (Wildman–Crippen LogP) is 3.94. The first-order valence-corrected chi connectivity index (χ1v) is 10.4. The number of anilines is 1. The van der Waals surface area contributed by atoms with Crippen LogP contribution in [0, 0.1) is 17.6 Å². The molecule has 0 bridgehead atoms. The van der Waals surface area contributed by atoms with E-state index < -0.39 is 11.6 Å². The van der Waals surface area contributed by atoms with Gasteiger partial charge in [-0.05, 0) is 42.5 Å². The number of hydrogen-bond acceptors (Lipinski definition) is 4. The lowest BCUT2D eigenvalue weighted by Gasteiger charge is -2.36. The molecule has 0 radical (unpaired) electrons. The fraction of sp³-hybridized carbons (Fsp3) is 0.429. The second-order valence-electron chi connectivity index (χ2n) is 7.95. The summed E-state index contributed by atoms with van der Waals surface area (Å²) in [4.78, 5) is 4.02. The van der Waals surface area contributed by atoms with Gasteiger partial charge in [0, 0.05) is 45.3 Å². The van der Waals surface area contributed by atoms with Crippen molar-refractivity contribution in [2.24, 2.45) is 5.92 Å². The molecule has 3 heterocycles. The summed E-state index contributed by atoms with van der Waals surface area (Å²) in [5.41, 5.74) is 1.76. The summed E-state index contributed by atoms with van der Waals surface area (Å²) in [6.07, 6.45) is 5.48. The Bertz CT molecular complexity index is 1020. The zero-order valence-electron chi connectivity index (χ0n) is 16.0. The quantitative estimate of drug-likeness (QED) is 0.630. The average Bonchev–Trinajstić information content (AvgIpc) is 3.43. The SMILES string of the molecule is Fc1cccc(F)c1N1CCN(Cc2ccn3c(CC4CC4)nnc3c2Cl)CC1. The van der Waals surface area contributed by atoms with E-state index >= 15 is 0 Å². The zero-order chi connectivity index (χ0) is 20.0. The maximum absolute atomic E-state index is 14.0. The highest BCUT2D eigenvalue weighted by atomic mass is 35.5. The van der Waals surface area contributed by atoms with Gasteiger partial charge in [-0.1, -0.05) is 17.7 Å². The standard InChI is InChI=1S/C21H22ClF2N5/c22-19-15(6-7-29-18(12-14-4-5-14)25-26-21(19)29)13-27-8-10-28(11-9-27)20-16(23)2-1-3-17(20)24/h1-3,6-7,14H,4-5,8-13H2. The average molecular weight is 418 g/mol. The van der Waals surface area contributed by atoms with Gasteiger partial charge in [0.05, 0.1) is 5.02 Å². The highest BCUT2D eigenvalue weighted by molar-refractivity contribution is 6.34. The third-order valence-corrected chi connectivity index (χ3v) is 6.27. The molecule has 5 nitrogen and oxygen atoms in total. The van der Waals surface area contributed by atoms with Crippen molar-refractivity contribution in [3.8, 4) is 0 Å². The lowest BCUT2D eigenvalue weighted by atomic mass is 10.2. The molecule has 1 saturated carbocycles. The number of fused-ring (bicyclic) bond motifs is 1. The van der Waals surface area contributed by atoms with E-state index in [1.165, 1.54) is 31.0 Å². The molecule has 0 amide bonds. The Kier molecular flexibility index (Phi) is 4.87. The first kappa shape index (κ1) is 18.8. The number of rotatable bonds is 5. The predicted molar refractivity (Wildman–Crippen MR) is 108 cm³/mol. The molecule has 2 aromatic heterocycles. The van der Waals surface area contributed by atoms with E-state index in [0.717, 1.165) is 23.7 Å². The van der Waals surface area contributed by atoms with Crippen molar-refractivity contribution in [2.75, 3.05) is 31.1 Å². The minimum absolute atomic E-state index is 0.0678. The summed E-state index contributed by atoms with van der Waals surface area (Å²) in [7, 11) is 0. The van der Waals surface area contributed by atoms with Crippen LogP contribution >= 0.6 is 11.6 Å². The van der Waals surface area contributed by atoms with Gasteiger partial charge in [0.15, 0.2) is 5.65 Å².